The number of hydrogen-bond acceptors (Lipinski definition) is 4. The third-order valence-electron chi connectivity index (χ3n) is 2.90. The van der Waals surface area contributed by atoms with Gasteiger partial charge in [-0.15, -0.1) is 0 Å². The van der Waals surface area contributed by atoms with Crippen LogP contribution in [0.25, 0.3) is 0 Å². The zero-order chi connectivity index (χ0) is 12.6. The SMILES string of the molecule is CCC(O)CCCCCC(CC)S(=O)(=O)[O-].[K+]. The Bertz CT molecular complexity index is 267. The molecule has 0 aliphatic carbocycles. The van der Waals surface area contributed by atoms with Crippen molar-refractivity contribution in [1.82, 2.24) is 0 Å². The number of aliphatic hydroxyl groups is 1. The van der Waals surface area contributed by atoms with Crippen molar-refractivity contribution in [2.75, 3.05) is 0 Å². The maximum absolute atomic E-state index is 10.8. The second kappa shape index (κ2) is 11.3. The van der Waals surface area contributed by atoms with Gasteiger partial charge in [-0.3, -0.25) is 0 Å². The van der Waals surface area contributed by atoms with E-state index in [0.29, 0.717) is 12.8 Å². The van der Waals surface area contributed by atoms with E-state index in [1.54, 1.807) is 6.92 Å². The van der Waals surface area contributed by atoms with Gasteiger partial charge in [-0.05, 0) is 25.7 Å². The van der Waals surface area contributed by atoms with E-state index in [-0.39, 0.29) is 57.5 Å². The molecule has 98 valence electrons. The minimum Gasteiger partial charge on any atom is -0.748 e. The summed E-state index contributed by atoms with van der Waals surface area (Å²) in [7, 11) is -4.12. The third-order valence-corrected chi connectivity index (χ3v) is 4.28. The molecule has 0 saturated carbocycles. The number of hydrogen-bond donors (Lipinski definition) is 1. The molecule has 0 saturated heterocycles. The maximum Gasteiger partial charge on any atom is 1.00 e. The number of rotatable bonds is 9. The maximum atomic E-state index is 10.8. The van der Waals surface area contributed by atoms with Gasteiger partial charge in [0.15, 0.2) is 0 Å². The topological polar surface area (TPSA) is 77.4 Å². The molecule has 2 atom stereocenters. The Morgan fingerprint density at radius 2 is 1.59 bits per heavy atom. The average Bonchev–Trinajstić information content (AvgIpc) is 2.20. The summed E-state index contributed by atoms with van der Waals surface area (Å²) in [5.74, 6) is 0. The molecule has 6 heteroatoms. The van der Waals surface area contributed by atoms with E-state index < -0.39 is 15.4 Å². The van der Waals surface area contributed by atoms with E-state index in [9.17, 15) is 18.1 Å². The molecule has 2 unspecified atom stereocenters. The van der Waals surface area contributed by atoms with Crippen molar-refractivity contribution < 1.29 is 69.5 Å². The van der Waals surface area contributed by atoms with Crippen molar-refractivity contribution in [2.24, 2.45) is 0 Å². The first-order valence-electron chi connectivity index (χ1n) is 6.04. The minimum absolute atomic E-state index is 0. The molecule has 0 radical (unpaired) electrons. The molecule has 0 rings (SSSR count). The van der Waals surface area contributed by atoms with Crippen LogP contribution in [0, 0.1) is 0 Å². The molecule has 0 aromatic rings. The normalized spacial score (nSPS) is 15.1. The van der Waals surface area contributed by atoms with Gasteiger partial charge in [-0.1, -0.05) is 33.1 Å². The second-order valence-corrected chi connectivity index (χ2v) is 5.88. The molecule has 0 aliphatic rings. The van der Waals surface area contributed by atoms with E-state index in [0.717, 1.165) is 32.1 Å². The quantitative estimate of drug-likeness (QED) is 0.337. The minimum atomic E-state index is -4.12. The van der Waals surface area contributed by atoms with Gasteiger partial charge in [0.25, 0.3) is 0 Å². The van der Waals surface area contributed by atoms with Gasteiger partial charge in [-0.2, -0.15) is 0 Å². The van der Waals surface area contributed by atoms with Crippen molar-refractivity contribution >= 4 is 10.1 Å². The number of aliphatic hydroxyl groups excluding tert-OH is 1. The third kappa shape index (κ3) is 11.1. The Morgan fingerprint density at radius 1 is 1.06 bits per heavy atom. The Morgan fingerprint density at radius 3 is 2.00 bits per heavy atom. The first-order chi connectivity index (χ1) is 7.41. The van der Waals surface area contributed by atoms with Gasteiger partial charge in [0, 0.05) is 5.25 Å². The smallest absolute Gasteiger partial charge is 0.748 e. The van der Waals surface area contributed by atoms with E-state index in [1.807, 2.05) is 6.92 Å². The van der Waals surface area contributed by atoms with Crippen molar-refractivity contribution in [1.29, 1.82) is 0 Å². The van der Waals surface area contributed by atoms with E-state index in [2.05, 4.69) is 0 Å². The summed E-state index contributed by atoms with van der Waals surface area (Å²) in [5.41, 5.74) is 0. The zero-order valence-corrected chi connectivity index (χ0v) is 15.1. The van der Waals surface area contributed by atoms with Crippen LogP contribution >= 0.6 is 0 Å². The molecule has 0 amide bonds. The molecule has 0 bridgehead atoms. The predicted molar refractivity (Wildman–Crippen MR) is 63.2 cm³/mol. The van der Waals surface area contributed by atoms with Crippen LogP contribution in [0.4, 0.5) is 0 Å². The van der Waals surface area contributed by atoms with Crippen LogP contribution in [0.2, 0.25) is 0 Å². The fourth-order valence-electron chi connectivity index (χ4n) is 1.69. The summed E-state index contributed by atoms with van der Waals surface area (Å²) in [4.78, 5) is 0. The van der Waals surface area contributed by atoms with E-state index in [4.69, 9.17) is 0 Å². The average molecular weight is 290 g/mol. The van der Waals surface area contributed by atoms with Gasteiger partial charge in [-0.25, -0.2) is 8.42 Å². The van der Waals surface area contributed by atoms with Crippen LogP contribution in [0.5, 0.6) is 0 Å². The van der Waals surface area contributed by atoms with Crippen LogP contribution in [-0.2, 0) is 10.1 Å². The second-order valence-electron chi connectivity index (χ2n) is 4.22. The summed E-state index contributed by atoms with van der Waals surface area (Å²) in [6.45, 7) is 3.66. The van der Waals surface area contributed by atoms with Crippen molar-refractivity contribution in [2.45, 2.75) is 70.1 Å². The molecule has 0 heterocycles. The Balaban J connectivity index is 0. The van der Waals surface area contributed by atoms with Gasteiger partial charge in [0.1, 0.15) is 0 Å². The fourth-order valence-corrected chi connectivity index (χ4v) is 2.55. The Labute approximate surface area is 148 Å². The summed E-state index contributed by atoms with van der Waals surface area (Å²) < 4.78 is 32.4. The molecule has 0 aromatic heterocycles. The van der Waals surface area contributed by atoms with Crippen molar-refractivity contribution in [3.05, 3.63) is 0 Å². The molecule has 4 nitrogen and oxygen atoms in total. The Hall–Kier alpha value is 1.51. The summed E-state index contributed by atoms with van der Waals surface area (Å²) >= 11 is 0. The van der Waals surface area contributed by atoms with Crippen molar-refractivity contribution in [3.63, 3.8) is 0 Å². The largest absolute Gasteiger partial charge is 1.00 e. The summed E-state index contributed by atoms with van der Waals surface area (Å²) in [6.07, 6.45) is 4.63. The van der Waals surface area contributed by atoms with Crippen molar-refractivity contribution in [3.8, 4) is 0 Å². The van der Waals surface area contributed by atoms with E-state index >= 15 is 0 Å². The standard InChI is InChI=1S/C11H24O4S.K/c1-3-10(12)8-6-5-7-9-11(4-2)16(13,14)15;/h10-12H,3-9H2,1-2H3,(H,13,14,15);/q;+1/p-1. The molecule has 0 aliphatic heterocycles. The van der Waals surface area contributed by atoms with Gasteiger partial charge < -0.3 is 9.66 Å². The predicted octanol–water partition coefficient (Wildman–Crippen LogP) is -0.964. The molecule has 17 heavy (non-hydrogen) atoms. The first-order valence-corrected chi connectivity index (χ1v) is 7.51. The molecule has 0 aromatic carbocycles. The molecular formula is C11H23KO4S. The molecule has 1 N–H and O–H groups in total. The summed E-state index contributed by atoms with van der Waals surface area (Å²) in [6, 6.07) is 0. The fraction of sp³-hybridized carbons (Fsp3) is 1.00. The molecule has 0 fully saturated rings. The Kier molecular flexibility index (Phi) is 13.9. The summed E-state index contributed by atoms with van der Waals surface area (Å²) in [5, 5.41) is 8.56. The number of unbranched alkanes of at least 4 members (excludes halogenated alkanes) is 2. The van der Waals surface area contributed by atoms with Gasteiger partial charge >= 0.3 is 51.4 Å². The van der Waals surface area contributed by atoms with Gasteiger partial charge in [0.05, 0.1) is 16.2 Å². The van der Waals surface area contributed by atoms with Crippen LogP contribution in [0.3, 0.4) is 0 Å². The zero-order valence-electron chi connectivity index (χ0n) is 11.2. The van der Waals surface area contributed by atoms with Crippen LogP contribution < -0.4 is 51.4 Å². The van der Waals surface area contributed by atoms with Gasteiger partial charge in [0.2, 0.25) is 0 Å². The van der Waals surface area contributed by atoms with Crippen LogP contribution in [-0.4, -0.2) is 29.4 Å². The van der Waals surface area contributed by atoms with E-state index in [1.165, 1.54) is 0 Å². The monoisotopic (exact) mass is 290 g/mol. The molecular weight excluding hydrogens is 267 g/mol. The van der Waals surface area contributed by atoms with Crippen LogP contribution in [0.1, 0.15) is 58.8 Å². The van der Waals surface area contributed by atoms with Crippen LogP contribution in [0.15, 0.2) is 0 Å². The molecule has 0 spiro atoms. The first kappa shape index (κ1) is 20.8.